The zero-order valence-electron chi connectivity index (χ0n) is 20.3. The molecule has 3 aromatic carbocycles. The van der Waals surface area contributed by atoms with Crippen LogP contribution in [0.15, 0.2) is 104 Å². The third-order valence-corrected chi connectivity index (χ3v) is 7.61. The number of carbonyl (C=O) groups is 1. The second kappa shape index (κ2) is 11.2. The van der Waals surface area contributed by atoms with Gasteiger partial charge in [-0.15, -0.1) is 0 Å². The van der Waals surface area contributed by atoms with E-state index >= 15 is 0 Å². The van der Waals surface area contributed by atoms with Crippen molar-refractivity contribution in [2.75, 3.05) is 6.54 Å². The van der Waals surface area contributed by atoms with Gasteiger partial charge in [0.25, 0.3) is 11.6 Å². The first-order valence-electron chi connectivity index (χ1n) is 11.8. The minimum atomic E-state index is -0.450. The van der Waals surface area contributed by atoms with Crippen LogP contribution in [0.4, 0.5) is 11.4 Å². The van der Waals surface area contributed by atoms with Crippen molar-refractivity contribution in [2.24, 2.45) is 4.99 Å². The number of rotatable bonds is 7. The third kappa shape index (κ3) is 5.79. The molecule has 0 unspecified atom stereocenters. The van der Waals surface area contributed by atoms with Crippen LogP contribution in [-0.4, -0.2) is 27.4 Å². The molecule has 0 saturated carbocycles. The minimum Gasteiger partial charge on any atom is -0.457 e. The molecular formula is C29H22BrN3O4S. The highest BCUT2D eigenvalue weighted by Crippen LogP contribution is 2.37. The van der Waals surface area contributed by atoms with Crippen LogP contribution in [0.3, 0.4) is 0 Å². The molecule has 2 heterocycles. The van der Waals surface area contributed by atoms with Gasteiger partial charge < -0.3 is 4.42 Å². The highest BCUT2D eigenvalue weighted by molar-refractivity contribution is 9.10. The number of aliphatic imine (C=N–C) groups is 1. The van der Waals surface area contributed by atoms with Crippen LogP contribution >= 0.6 is 27.7 Å². The molecule has 9 heteroatoms. The van der Waals surface area contributed by atoms with Crippen LogP contribution in [0, 0.1) is 17.0 Å². The van der Waals surface area contributed by atoms with Crippen molar-refractivity contribution in [2.45, 2.75) is 13.3 Å². The molecule has 0 atom stereocenters. The number of nitro benzene ring substituents is 1. The summed E-state index contributed by atoms with van der Waals surface area (Å²) in [6.07, 6.45) is 2.41. The molecule has 1 aliphatic heterocycles. The van der Waals surface area contributed by atoms with Crippen LogP contribution in [0.25, 0.3) is 17.4 Å². The van der Waals surface area contributed by atoms with E-state index in [1.807, 2.05) is 61.5 Å². The fourth-order valence-electron chi connectivity index (χ4n) is 3.93. The van der Waals surface area contributed by atoms with Gasteiger partial charge in [0.2, 0.25) is 0 Å². The monoisotopic (exact) mass is 587 g/mol. The Hall–Kier alpha value is -3.95. The zero-order valence-corrected chi connectivity index (χ0v) is 22.7. The molecule has 0 bridgehead atoms. The Labute approximate surface area is 232 Å². The van der Waals surface area contributed by atoms with E-state index in [2.05, 4.69) is 15.9 Å². The first-order chi connectivity index (χ1) is 18.4. The predicted octanol–water partition coefficient (Wildman–Crippen LogP) is 7.77. The van der Waals surface area contributed by atoms with Gasteiger partial charge in [0.05, 0.1) is 15.5 Å². The number of hydrogen-bond acceptors (Lipinski definition) is 6. The summed E-state index contributed by atoms with van der Waals surface area (Å²) in [4.78, 5) is 31.0. The lowest BCUT2D eigenvalue weighted by Crippen LogP contribution is -2.31. The van der Waals surface area contributed by atoms with E-state index in [9.17, 15) is 14.9 Å². The van der Waals surface area contributed by atoms with Crippen molar-refractivity contribution < 1.29 is 14.1 Å². The molecule has 0 radical (unpaired) electrons. The molecular weight excluding hydrogens is 566 g/mol. The lowest BCUT2D eigenvalue weighted by Gasteiger charge is -2.15. The number of amides is 1. The van der Waals surface area contributed by atoms with Gasteiger partial charge in [-0.2, -0.15) is 0 Å². The highest BCUT2D eigenvalue weighted by Gasteiger charge is 2.33. The standard InChI is InChI=1S/C29H22BrN3O4S/c1-19-7-9-21(10-8-19)31-29-32(16-15-20-5-3-2-4-6-20)28(34)27(38-29)18-23-12-14-26(37-23)24-13-11-22(33(35)36)17-25(24)30/h2-14,17-18H,15-16H2,1H3/b27-18+,31-29?. The third-order valence-electron chi connectivity index (χ3n) is 5.94. The Morgan fingerprint density at radius 2 is 1.82 bits per heavy atom. The number of amidine groups is 1. The molecule has 0 spiro atoms. The van der Waals surface area contributed by atoms with Crippen molar-refractivity contribution in [3.63, 3.8) is 0 Å². The average molecular weight is 588 g/mol. The average Bonchev–Trinajstić information content (AvgIpc) is 3.49. The molecule has 1 saturated heterocycles. The van der Waals surface area contributed by atoms with Crippen LogP contribution < -0.4 is 0 Å². The first-order valence-corrected chi connectivity index (χ1v) is 13.4. The number of benzene rings is 3. The van der Waals surface area contributed by atoms with Crippen molar-refractivity contribution in [3.05, 3.63) is 121 Å². The zero-order chi connectivity index (χ0) is 26.6. The second-order valence-electron chi connectivity index (χ2n) is 8.66. The first kappa shape index (κ1) is 25.7. The van der Waals surface area contributed by atoms with E-state index in [0.717, 1.165) is 16.8 Å². The van der Waals surface area contributed by atoms with E-state index in [1.54, 1.807) is 29.2 Å². The van der Waals surface area contributed by atoms with Gasteiger partial charge in [0.15, 0.2) is 5.17 Å². The largest absolute Gasteiger partial charge is 0.457 e. The summed E-state index contributed by atoms with van der Waals surface area (Å²) >= 11 is 4.70. The Balaban J connectivity index is 1.42. The summed E-state index contributed by atoms with van der Waals surface area (Å²) in [6, 6.07) is 25.9. The number of thioether (sulfide) groups is 1. The van der Waals surface area contributed by atoms with Crippen molar-refractivity contribution in [3.8, 4) is 11.3 Å². The van der Waals surface area contributed by atoms with Gasteiger partial charge in [0, 0.05) is 34.8 Å². The van der Waals surface area contributed by atoms with E-state index < -0.39 is 4.92 Å². The summed E-state index contributed by atoms with van der Waals surface area (Å²) in [5.74, 6) is 0.899. The lowest BCUT2D eigenvalue weighted by atomic mass is 10.1. The lowest BCUT2D eigenvalue weighted by molar-refractivity contribution is -0.384. The van der Waals surface area contributed by atoms with Gasteiger partial charge in [0.1, 0.15) is 11.5 Å². The fraction of sp³-hybridized carbons (Fsp3) is 0.103. The fourth-order valence-corrected chi connectivity index (χ4v) is 5.49. The topological polar surface area (TPSA) is 89.0 Å². The number of aryl methyl sites for hydroxylation is 1. The summed E-state index contributed by atoms with van der Waals surface area (Å²) in [7, 11) is 0. The molecule has 1 amide bonds. The molecule has 190 valence electrons. The van der Waals surface area contributed by atoms with Crippen LogP contribution in [0.1, 0.15) is 16.9 Å². The second-order valence-corrected chi connectivity index (χ2v) is 10.5. The number of nitrogens with zero attached hydrogens (tertiary/aromatic N) is 3. The van der Waals surface area contributed by atoms with Crippen LogP contribution in [0.2, 0.25) is 0 Å². The van der Waals surface area contributed by atoms with Gasteiger partial charge in [-0.3, -0.25) is 19.8 Å². The van der Waals surface area contributed by atoms with Gasteiger partial charge in [-0.1, -0.05) is 48.0 Å². The summed E-state index contributed by atoms with van der Waals surface area (Å²) < 4.78 is 6.54. The van der Waals surface area contributed by atoms with E-state index in [-0.39, 0.29) is 11.6 Å². The molecule has 5 rings (SSSR count). The quantitative estimate of drug-likeness (QED) is 0.125. The van der Waals surface area contributed by atoms with Crippen molar-refractivity contribution >= 4 is 56.2 Å². The SMILES string of the molecule is Cc1ccc(N=C2S/C(=C/c3ccc(-c4ccc([N+](=O)[O-])cc4Br)o3)C(=O)N2CCc2ccccc2)cc1. The number of non-ortho nitro benzene ring substituents is 1. The van der Waals surface area contributed by atoms with E-state index in [0.29, 0.717) is 44.6 Å². The number of hydrogen-bond donors (Lipinski definition) is 0. The highest BCUT2D eigenvalue weighted by atomic mass is 79.9. The Kier molecular flexibility index (Phi) is 7.57. The van der Waals surface area contributed by atoms with Crippen molar-refractivity contribution in [1.29, 1.82) is 0 Å². The molecule has 1 aromatic heterocycles. The molecule has 1 fully saturated rings. The van der Waals surface area contributed by atoms with Gasteiger partial charge in [-0.25, -0.2) is 4.99 Å². The summed E-state index contributed by atoms with van der Waals surface area (Å²) in [6.45, 7) is 2.52. The Morgan fingerprint density at radius 1 is 1.05 bits per heavy atom. The minimum absolute atomic E-state index is 0.0153. The smallest absolute Gasteiger partial charge is 0.270 e. The summed E-state index contributed by atoms with van der Waals surface area (Å²) in [5.41, 5.74) is 3.72. The predicted molar refractivity (Wildman–Crippen MR) is 154 cm³/mol. The van der Waals surface area contributed by atoms with Gasteiger partial charge >= 0.3 is 0 Å². The van der Waals surface area contributed by atoms with E-state index in [4.69, 9.17) is 9.41 Å². The maximum absolute atomic E-state index is 13.5. The number of furan rings is 1. The van der Waals surface area contributed by atoms with Crippen LogP contribution in [-0.2, 0) is 11.2 Å². The van der Waals surface area contributed by atoms with Crippen molar-refractivity contribution in [1.82, 2.24) is 4.90 Å². The molecule has 7 nitrogen and oxygen atoms in total. The Morgan fingerprint density at radius 3 is 2.53 bits per heavy atom. The van der Waals surface area contributed by atoms with Gasteiger partial charge in [-0.05, 0) is 76.9 Å². The maximum atomic E-state index is 13.5. The summed E-state index contributed by atoms with van der Waals surface area (Å²) in [5, 5.41) is 11.7. The molecule has 38 heavy (non-hydrogen) atoms. The van der Waals surface area contributed by atoms with E-state index in [1.165, 1.54) is 23.9 Å². The molecule has 4 aromatic rings. The normalized spacial score (nSPS) is 15.5. The number of nitro groups is 1. The van der Waals surface area contributed by atoms with Crippen LogP contribution in [0.5, 0.6) is 0 Å². The number of halogens is 1. The maximum Gasteiger partial charge on any atom is 0.270 e. The molecule has 1 aliphatic rings. The molecule has 0 aliphatic carbocycles. The molecule has 0 N–H and O–H groups in total. The number of carbonyl (C=O) groups excluding carboxylic acids is 1. The Bertz CT molecular complexity index is 1560.